The highest BCUT2D eigenvalue weighted by molar-refractivity contribution is 8.02. The minimum atomic E-state index is -2.00. The predicted octanol–water partition coefficient (Wildman–Crippen LogP) is 7.40. The number of benzene rings is 1. The number of methoxy groups -OCH3 is 1. The van der Waals surface area contributed by atoms with E-state index in [0.29, 0.717) is 29.7 Å². The van der Waals surface area contributed by atoms with Crippen LogP contribution in [0.2, 0.25) is 16.6 Å². The van der Waals surface area contributed by atoms with Crippen LogP contribution in [0.4, 0.5) is 0 Å². The Morgan fingerprint density at radius 1 is 1.09 bits per heavy atom. The lowest BCUT2D eigenvalue weighted by atomic mass is 9.96. The first kappa shape index (κ1) is 28.0. The molecule has 0 aromatic heterocycles. The maximum absolute atomic E-state index is 13.1. The van der Waals surface area contributed by atoms with Gasteiger partial charge in [0.15, 0.2) is 0 Å². The Labute approximate surface area is 207 Å². The second kappa shape index (κ2) is 12.5. The molecule has 6 heteroatoms. The van der Waals surface area contributed by atoms with Gasteiger partial charge < -0.3 is 14.1 Å². The van der Waals surface area contributed by atoms with Crippen LogP contribution in [0.5, 0.6) is 0 Å². The standard InChI is InChI=1S/C27H45NO3SSi/c1-19(2)33(20(3)4,21(5)6)31-18-26(32-9)22(7)24-15-16-27(29)28(24)25(17-30-8)23-13-11-10-12-14-23/h10-14,18-22,24-25H,15-17H2,1-9H3/b26-18+/t22-,24-,25+/m1/s1. The highest BCUT2D eigenvalue weighted by atomic mass is 32.2. The summed E-state index contributed by atoms with van der Waals surface area (Å²) < 4.78 is 12.4. The van der Waals surface area contributed by atoms with E-state index in [0.717, 1.165) is 12.0 Å². The van der Waals surface area contributed by atoms with Crippen molar-refractivity contribution in [2.75, 3.05) is 20.0 Å². The fourth-order valence-corrected chi connectivity index (χ4v) is 11.8. The normalized spacial score (nSPS) is 19.6. The van der Waals surface area contributed by atoms with Gasteiger partial charge in [-0.2, -0.15) is 0 Å². The molecule has 1 heterocycles. The molecule has 1 aliphatic heterocycles. The van der Waals surface area contributed by atoms with E-state index in [4.69, 9.17) is 9.16 Å². The lowest BCUT2D eigenvalue weighted by Gasteiger charge is -2.42. The third-order valence-electron chi connectivity index (χ3n) is 7.49. The molecule has 0 aliphatic carbocycles. The summed E-state index contributed by atoms with van der Waals surface area (Å²) in [5.41, 5.74) is 2.71. The topological polar surface area (TPSA) is 38.8 Å². The van der Waals surface area contributed by atoms with Crippen LogP contribution in [0, 0.1) is 5.92 Å². The molecule has 1 fully saturated rings. The maximum Gasteiger partial charge on any atom is 0.258 e. The van der Waals surface area contributed by atoms with Crippen LogP contribution in [0.3, 0.4) is 0 Å². The number of ether oxygens (including phenoxy) is 1. The monoisotopic (exact) mass is 491 g/mol. The molecular weight excluding hydrogens is 446 g/mol. The van der Waals surface area contributed by atoms with Gasteiger partial charge in [-0.05, 0) is 34.9 Å². The SMILES string of the molecule is COC[C@@H](c1ccccc1)N1C(=O)CC[C@@H]1[C@@H](C)/C(=C\O[Si](C(C)C)(C(C)C)C(C)C)SC. The zero-order valence-corrected chi connectivity index (χ0v) is 23.9. The van der Waals surface area contributed by atoms with Crippen molar-refractivity contribution in [1.29, 1.82) is 0 Å². The van der Waals surface area contributed by atoms with Gasteiger partial charge in [-0.1, -0.05) is 78.8 Å². The van der Waals surface area contributed by atoms with Crippen molar-refractivity contribution in [3.63, 3.8) is 0 Å². The zero-order chi connectivity index (χ0) is 24.8. The smallest absolute Gasteiger partial charge is 0.258 e. The van der Waals surface area contributed by atoms with Crippen LogP contribution in [0.25, 0.3) is 0 Å². The summed E-state index contributed by atoms with van der Waals surface area (Å²) in [4.78, 5) is 16.4. The summed E-state index contributed by atoms with van der Waals surface area (Å²) in [6.07, 6.45) is 5.65. The van der Waals surface area contributed by atoms with Crippen molar-refractivity contribution >= 4 is 26.0 Å². The van der Waals surface area contributed by atoms with Gasteiger partial charge in [-0.15, -0.1) is 11.8 Å². The molecule has 1 aromatic carbocycles. The summed E-state index contributed by atoms with van der Waals surface area (Å²) in [5.74, 6) is 0.419. The van der Waals surface area contributed by atoms with E-state index >= 15 is 0 Å². The number of carbonyl (C=O) groups is 1. The number of nitrogens with zero attached hydrogens (tertiary/aromatic N) is 1. The van der Waals surface area contributed by atoms with E-state index < -0.39 is 8.32 Å². The van der Waals surface area contributed by atoms with Gasteiger partial charge in [-0.25, -0.2) is 0 Å². The van der Waals surface area contributed by atoms with Crippen LogP contribution < -0.4 is 0 Å². The summed E-state index contributed by atoms with van der Waals surface area (Å²) >= 11 is 1.75. The molecule has 1 aromatic rings. The lowest BCUT2D eigenvalue weighted by molar-refractivity contribution is -0.133. The highest BCUT2D eigenvalue weighted by Crippen LogP contribution is 2.44. The number of thioether (sulfide) groups is 1. The van der Waals surface area contributed by atoms with Crippen LogP contribution in [0.15, 0.2) is 41.5 Å². The molecule has 0 bridgehead atoms. The predicted molar refractivity (Wildman–Crippen MR) is 144 cm³/mol. The molecule has 1 aliphatic rings. The van der Waals surface area contributed by atoms with E-state index in [1.54, 1.807) is 18.9 Å². The molecule has 186 valence electrons. The Morgan fingerprint density at radius 2 is 1.67 bits per heavy atom. The molecule has 2 rings (SSSR count). The van der Waals surface area contributed by atoms with Crippen molar-refractivity contribution in [3.05, 3.63) is 47.1 Å². The fraction of sp³-hybridized carbons (Fsp3) is 0.667. The Balaban J connectivity index is 2.37. The average Bonchev–Trinajstić information content (AvgIpc) is 3.15. The minimum absolute atomic E-state index is 0.0712. The first-order valence-electron chi connectivity index (χ1n) is 12.4. The molecule has 4 nitrogen and oxygen atoms in total. The average molecular weight is 492 g/mol. The summed E-state index contributed by atoms with van der Waals surface area (Å²) in [6, 6.07) is 10.3. The second-order valence-electron chi connectivity index (χ2n) is 10.2. The molecule has 1 amide bonds. The number of rotatable bonds is 12. The molecular formula is C27H45NO3SSi. The Morgan fingerprint density at radius 3 is 2.15 bits per heavy atom. The van der Waals surface area contributed by atoms with E-state index in [1.807, 2.05) is 18.2 Å². The van der Waals surface area contributed by atoms with Crippen molar-refractivity contribution in [2.45, 2.75) is 90.0 Å². The maximum atomic E-state index is 13.1. The quantitative estimate of drug-likeness (QED) is 0.225. The lowest BCUT2D eigenvalue weighted by Crippen LogP contribution is -2.46. The summed E-state index contributed by atoms with van der Waals surface area (Å²) in [6.45, 7) is 16.6. The summed E-state index contributed by atoms with van der Waals surface area (Å²) in [7, 11) is -0.288. The van der Waals surface area contributed by atoms with Gasteiger partial charge in [0, 0.05) is 30.4 Å². The van der Waals surface area contributed by atoms with E-state index in [-0.39, 0.29) is 23.9 Å². The molecule has 0 radical (unpaired) electrons. The summed E-state index contributed by atoms with van der Waals surface area (Å²) in [5, 5.41) is 0. The first-order valence-corrected chi connectivity index (χ1v) is 15.7. The highest BCUT2D eigenvalue weighted by Gasteiger charge is 2.47. The van der Waals surface area contributed by atoms with Gasteiger partial charge in [0.25, 0.3) is 8.32 Å². The molecule has 0 N–H and O–H groups in total. The fourth-order valence-electron chi connectivity index (χ4n) is 5.89. The van der Waals surface area contributed by atoms with E-state index in [2.05, 4.69) is 78.0 Å². The third kappa shape index (κ3) is 6.07. The number of hydrogen-bond donors (Lipinski definition) is 0. The minimum Gasteiger partial charge on any atom is -0.547 e. The van der Waals surface area contributed by atoms with E-state index in [1.165, 1.54) is 4.91 Å². The third-order valence-corrected chi connectivity index (χ3v) is 14.4. The molecule has 33 heavy (non-hydrogen) atoms. The van der Waals surface area contributed by atoms with Crippen LogP contribution in [-0.4, -0.2) is 45.1 Å². The Bertz CT molecular complexity index is 759. The van der Waals surface area contributed by atoms with Crippen LogP contribution in [-0.2, 0) is 14.0 Å². The number of carbonyl (C=O) groups excluding carboxylic acids is 1. The van der Waals surface area contributed by atoms with Crippen LogP contribution >= 0.6 is 11.8 Å². The molecule has 0 saturated carbocycles. The second-order valence-corrected chi connectivity index (χ2v) is 16.5. The van der Waals surface area contributed by atoms with Crippen molar-refractivity contribution in [1.82, 2.24) is 4.90 Å². The Kier molecular flexibility index (Phi) is 10.6. The largest absolute Gasteiger partial charge is 0.547 e. The van der Waals surface area contributed by atoms with Gasteiger partial charge in [0.05, 0.1) is 18.9 Å². The molecule has 0 spiro atoms. The zero-order valence-electron chi connectivity index (χ0n) is 22.1. The van der Waals surface area contributed by atoms with Crippen molar-refractivity contribution in [3.8, 4) is 0 Å². The van der Waals surface area contributed by atoms with Crippen LogP contribution in [0.1, 0.15) is 72.9 Å². The van der Waals surface area contributed by atoms with Gasteiger partial charge in [0.1, 0.15) is 0 Å². The molecule has 3 atom stereocenters. The number of likely N-dealkylation sites (tertiary alicyclic amines) is 1. The number of amides is 1. The van der Waals surface area contributed by atoms with Gasteiger partial charge in [-0.3, -0.25) is 4.79 Å². The Hall–Kier alpha value is -1.24. The molecule has 1 saturated heterocycles. The van der Waals surface area contributed by atoms with Crippen molar-refractivity contribution < 1.29 is 14.0 Å². The van der Waals surface area contributed by atoms with Gasteiger partial charge >= 0.3 is 0 Å². The van der Waals surface area contributed by atoms with Gasteiger partial charge in [0.2, 0.25) is 5.91 Å². The first-order chi connectivity index (χ1) is 15.6. The number of hydrogen-bond acceptors (Lipinski definition) is 4. The molecule has 0 unspecified atom stereocenters. The van der Waals surface area contributed by atoms with E-state index in [9.17, 15) is 4.79 Å². The van der Waals surface area contributed by atoms with Crippen molar-refractivity contribution in [2.24, 2.45) is 5.92 Å².